The second kappa shape index (κ2) is 8.39. The number of hydrogen-bond donors (Lipinski definition) is 5. The molecule has 0 aromatic carbocycles. The van der Waals surface area contributed by atoms with Gasteiger partial charge in [-0.1, -0.05) is 5.11 Å². The lowest BCUT2D eigenvalue weighted by Crippen LogP contribution is -2.43. The fourth-order valence-corrected chi connectivity index (χ4v) is 1.02. The van der Waals surface area contributed by atoms with E-state index in [9.17, 15) is 19.8 Å². The molecule has 3 atom stereocenters. The highest BCUT2D eigenvalue weighted by Crippen LogP contribution is 2.03. The number of nitrogens with zero attached hydrogens (tertiary/aromatic N) is 3. The summed E-state index contributed by atoms with van der Waals surface area (Å²) < 4.78 is 0. The first kappa shape index (κ1) is 16.3. The number of rotatable bonds is 7. The van der Waals surface area contributed by atoms with Gasteiger partial charge in [0.2, 0.25) is 11.8 Å². The van der Waals surface area contributed by atoms with E-state index < -0.39 is 49.7 Å². The van der Waals surface area contributed by atoms with Gasteiger partial charge in [0.1, 0.15) is 18.8 Å². The molecule has 10 nitrogen and oxygen atoms in total. The standard InChI is InChI=1S/C8H14N4O6/c9-12-10-2-7(17)11-6(16)1-4(14)8(18)5(15)3-13/h4-5,8,13-15,18H,1-3H2,(H,11,16,17)/t4-,5-,8-/m1/s1. The molecule has 18 heavy (non-hydrogen) atoms. The minimum atomic E-state index is -1.71. The quantitative estimate of drug-likeness (QED) is 0.191. The average Bonchev–Trinajstić information content (AvgIpc) is 2.33. The number of carbonyl (C=O) groups is 2. The van der Waals surface area contributed by atoms with E-state index in [1.165, 1.54) is 0 Å². The fourth-order valence-electron chi connectivity index (χ4n) is 1.02. The van der Waals surface area contributed by atoms with Gasteiger partial charge in [-0.2, -0.15) is 0 Å². The van der Waals surface area contributed by atoms with E-state index >= 15 is 0 Å². The zero-order valence-corrected chi connectivity index (χ0v) is 9.30. The highest BCUT2D eigenvalue weighted by Gasteiger charge is 2.26. The summed E-state index contributed by atoms with van der Waals surface area (Å²) in [5.41, 5.74) is 7.92. The van der Waals surface area contributed by atoms with E-state index in [0.717, 1.165) is 0 Å². The molecule has 0 radical (unpaired) electrons. The largest absolute Gasteiger partial charge is 0.394 e. The summed E-state index contributed by atoms with van der Waals surface area (Å²) in [6, 6.07) is 0. The Hall–Kier alpha value is -1.71. The van der Waals surface area contributed by atoms with E-state index in [-0.39, 0.29) is 0 Å². The molecule has 0 heterocycles. The van der Waals surface area contributed by atoms with Crippen LogP contribution in [0.15, 0.2) is 5.11 Å². The van der Waals surface area contributed by atoms with E-state index in [1.807, 2.05) is 0 Å². The lowest BCUT2D eigenvalue weighted by atomic mass is 10.1. The van der Waals surface area contributed by atoms with Crippen molar-refractivity contribution in [2.75, 3.05) is 13.2 Å². The first-order chi connectivity index (χ1) is 8.42. The summed E-state index contributed by atoms with van der Waals surface area (Å²) in [5, 5.41) is 40.7. The summed E-state index contributed by atoms with van der Waals surface area (Å²) in [4.78, 5) is 24.4. The van der Waals surface area contributed by atoms with Crippen LogP contribution in [0.4, 0.5) is 0 Å². The van der Waals surface area contributed by atoms with Gasteiger partial charge in [0.15, 0.2) is 0 Å². The summed E-state index contributed by atoms with van der Waals surface area (Å²) in [7, 11) is 0. The first-order valence-corrected chi connectivity index (χ1v) is 4.91. The number of azide groups is 1. The van der Waals surface area contributed by atoms with Crippen LogP contribution in [-0.2, 0) is 9.59 Å². The highest BCUT2D eigenvalue weighted by molar-refractivity contribution is 5.96. The van der Waals surface area contributed by atoms with Crippen LogP contribution in [0.25, 0.3) is 10.4 Å². The number of aliphatic hydroxyl groups is 4. The number of aliphatic hydroxyl groups excluding tert-OH is 4. The van der Waals surface area contributed by atoms with Crippen molar-refractivity contribution in [1.29, 1.82) is 0 Å². The van der Waals surface area contributed by atoms with Crippen molar-refractivity contribution in [3.05, 3.63) is 10.4 Å². The molecule has 2 amide bonds. The highest BCUT2D eigenvalue weighted by atomic mass is 16.4. The van der Waals surface area contributed by atoms with Gasteiger partial charge in [-0.05, 0) is 5.53 Å². The van der Waals surface area contributed by atoms with E-state index in [1.54, 1.807) is 5.32 Å². The molecule has 0 rings (SSSR count). The molecule has 0 aliphatic carbocycles. The predicted molar refractivity (Wildman–Crippen MR) is 56.9 cm³/mol. The molecular formula is C8H14N4O6. The lowest BCUT2D eigenvalue weighted by molar-refractivity contribution is -0.133. The van der Waals surface area contributed by atoms with Crippen molar-refractivity contribution < 1.29 is 30.0 Å². The van der Waals surface area contributed by atoms with Crippen molar-refractivity contribution in [2.24, 2.45) is 5.11 Å². The summed E-state index contributed by atoms with van der Waals surface area (Å²) >= 11 is 0. The molecule has 0 aliphatic rings. The van der Waals surface area contributed by atoms with Crippen molar-refractivity contribution >= 4 is 11.8 Å². The summed E-state index contributed by atoms with van der Waals surface area (Å²) in [6.07, 6.45) is -5.60. The Morgan fingerprint density at radius 3 is 2.33 bits per heavy atom. The molecule has 0 aromatic heterocycles. The molecule has 0 aromatic rings. The molecule has 0 unspecified atom stereocenters. The van der Waals surface area contributed by atoms with E-state index in [2.05, 4.69) is 10.0 Å². The fraction of sp³-hybridized carbons (Fsp3) is 0.750. The Bertz CT molecular complexity index is 342. The molecule has 5 N–H and O–H groups in total. The van der Waals surface area contributed by atoms with E-state index in [4.69, 9.17) is 15.7 Å². The Morgan fingerprint density at radius 1 is 1.22 bits per heavy atom. The summed E-state index contributed by atoms with van der Waals surface area (Å²) in [5.74, 6) is -1.77. The molecule has 10 heteroatoms. The van der Waals surface area contributed by atoms with Gasteiger partial charge < -0.3 is 20.4 Å². The van der Waals surface area contributed by atoms with Gasteiger partial charge in [0, 0.05) is 4.91 Å². The minimum absolute atomic E-state index is 0.569. The van der Waals surface area contributed by atoms with Crippen LogP contribution < -0.4 is 5.32 Å². The van der Waals surface area contributed by atoms with Crippen LogP contribution in [0.5, 0.6) is 0 Å². The molecule has 102 valence electrons. The van der Waals surface area contributed by atoms with Crippen LogP contribution >= 0.6 is 0 Å². The maximum atomic E-state index is 11.2. The second-order valence-corrected chi connectivity index (χ2v) is 3.37. The van der Waals surface area contributed by atoms with Gasteiger partial charge in [0.05, 0.1) is 19.1 Å². The smallest absolute Gasteiger partial charge is 0.232 e. The maximum absolute atomic E-state index is 11.2. The van der Waals surface area contributed by atoms with Crippen molar-refractivity contribution in [2.45, 2.75) is 24.7 Å². The molecular weight excluding hydrogens is 248 g/mol. The molecule has 0 saturated heterocycles. The maximum Gasteiger partial charge on any atom is 0.232 e. The monoisotopic (exact) mass is 262 g/mol. The van der Waals surface area contributed by atoms with Crippen LogP contribution in [-0.4, -0.2) is 63.7 Å². The molecule has 0 spiro atoms. The predicted octanol–water partition coefficient (Wildman–Crippen LogP) is -2.60. The Balaban J connectivity index is 4.15. The normalized spacial score (nSPS) is 15.1. The minimum Gasteiger partial charge on any atom is -0.394 e. The van der Waals surface area contributed by atoms with Gasteiger partial charge in [-0.25, -0.2) is 0 Å². The number of amides is 2. The van der Waals surface area contributed by atoms with Gasteiger partial charge in [-0.3, -0.25) is 14.9 Å². The van der Waals surface area contributed by atoms with Crippen LogP contribution in [0.2, 0.25) is 0 Å². The van der Waals surface area contributed by atoms with Crippen LogP contribution in [0.1, 0.15) is 6.42 Å². The molecule has 0 saturated carbocycles. The van der Waals surface area contributed by atoms with Crippen molar-refractivity contribution in [3.8, 4) is 0 Å². The zero-order valence-electron chi connectivity index (χ0n) is 9.30. The lowest BCUT2D eigenvalue weighted by Gasteiger charge is -2.20. The molecule has 0 bridgehead atoms. The average molecular weight is 262 g/mol. The Kier molecular flexibility index (Phi) is 7.59. The van der Waals surface area contributed by atoms with Gasteiger partial charge in [0.25, 0.3) is 0 Å². The third kappa shape index (κ3) is 6.13. The third-order valence-corrected chi connectivity index (χ3v) is 1.93. The van der Waals surface area contributed by atoms with Crippen LogP contribution in [0.3, 0.4) is 0 Å². The van der Waals surface area contributed by atoms with Gasteiger partial charge in [-0.15, -0.1) is 0 Å². The van der Waals surface area contributed by atoms with Crippen LogP contribution in [0, 0.1) is 0 Å². The summed E-state index contributed by atoms with van der Waals surface area (Å²) in [6.45, 7) is -1.35. The number of hydrogen-bond acceptors (Lipinski definition) is 7. The Morgan fingerprint density at radius 2 is 1.83 bits per heavy atom. The van der Waals surface area contributed by atoms with Gasteiger partial charge >= 0.3 is 0 Å². The number of imide groups is 1. The van der Waals surface area contributed by atoms with Crippen molar-refractivity contribution in [3.63, 3.8) is 0 Å². The molecule has 0 aliphatic heterocycles. The first-order valence-electron chi connectivity index (χ1n) is 4.91. The second-order valence-electron chi connectivity index (χ2n) is 3.37. The molecule has 0 fully saturated rings. The topological polar surface area (TPSA) is 176 Å². The SMILES string of the molecule is [N-]=[N+]=NCC(=O)NC(=O)C[C@@H](O)[C@@H](O)[C@H](O)CO. The third-order valence-electron chi connectivity index (χ3n) is 1.93. The zero-order chi connectivity index (χ0) is 14.1. The Labute approximate surface area is 101 Å². The van der Waals surface area contributed by atoms with Crippen molar-refractivity contribution in [1.82, 2.24) is 5.32 Å². The number of carbonyl (C=O) groups excluding carboxylic acids is 2. The van der Waals surface area contributed by atoms with E-state index in [0.29, 0.717) is 0 Å². The number of nitrogens with one attached hydrogen (secondary N) is 1.